The zero-order valence-electron chi connectivity index (χ0n) is 10.4. The Morgan fingerprint density at radius 3 is 2.50 bits per heavy atom. The maximum Gasteiger partial charge on any atom is 0.417 e. The van der Waals surface area contributed by atoms with Gasteiger partial charge in [-0.3, -0.25) is 0 Å². The monoisotopic (exact) mass is 290 g/mol. The third kappa shape index (κ3) is 3.60. The molecule has 0 spiro atoms. The predicted octanol–water partition coefficient (Wildman–Crippen LogP) is 2.06. The van der Waals surface area contributed by atoms with Crippen molar-refractivity contribution in [3.05, 3.63) is 23.9 Å². The van der Waals surface area contributed by atoms with Gasteiger partial charge in [-0.1, -0.05) is 0 Å². The van der Waals surface area contributed by atoms with E-state index in [-0.39, 0.29) is 5.88 Å². The summed E-state index contributed by atoms with van der Waals surface area (Å²) in [7, 11) is 0. The van der Waals surface area contributed by atoms with E-state index in [0.29, 0.717) is 32.1 Å². The molecule has 0 atom stereocenters. The molecule has 5 nitrogen and oxygen atoms in total. The van der Waals surface area contributed by atoms with E-state index in [1.54, 1.807) is 0 Å². The van der Waals surface area contributed by atoms with Crippen LogP contribution in [0.3, 0.4) is 0 Å². The first-order valence-corrected chi connectivity index (χ1v) is 6.04. The molecule has 2 heterocycles. The van der Waals surface area contributed by atoms with Crippen LogP contribution >= 0.6 is 0 Å². The van der Waals surface area contributed by atoms with Crippen molar-refractivity contribution in [2.75, 3.05) is 13.1 Å². The Labute approximate surface area is 113 Å². The lowest BCUT2D eigenvalue weighted by Crippen LogP contribution is -2.41. The lowest BCUT2D eigenvalue weighted by Gasteiger charge is -2.28. The Kier molecular flexibility index (Phi) is 4.12. The van der Waals surface area contributed by atoms with E-state index < -0.39 is 23.9 Å². The molecule has 0 bridgehead atoms. The molecule has 1 amide bonds. The Hall–Kier alpha value is -1.83. The minimum absolute atomic E-state index is 0.186. The number of aliphatic hydroxyl groups is 1. The molecule has 110 valence electrons. The first kappa shape index (κ1) is 14.6. The van der Waals surface area contributed by atoms with Gasteiger partial charge in [0.05, 0.1) is 11.7 Å². The second kappa shape index (κ2) is 5.66. The number of nitrogens with zero attached hydrogens (tertiary/aromatic N) is 2. The Bertz CT molecular complexity index is 468. The number of carbonyl (C=O) groups is 1. The molecule has 8 heteroatoms. The molecule has 1 fully saturated rings. The topological polar surface area (TPSA) is 62.7 Å². The highest BCUT2D eigenvalue weighted by Crippen LogP contribution is 2.29. The van der Waals surface area contributed by atoms with E-state index in [2.05, 4.69) is 4.98 Å². The molecule has 0 saturated carbocycles. The molecule has 1 aliphatic heterocycles. The van der Waals surface area contributed by atoms with E-state index in [0.717, 1.165) is 12.1 Å². The van der Waals surface area contributed by atoms with E-state index in [4.69, 9.17) is 4.74 Å². The van der Waals surface area contributed by atoms with Gasteiger partial charge in [-0.25, -0.2) is 9.78 Å². The van der Waals surface area contributed by atoms with E-state index >= 15 is 0 Å². The summed E-state index contributed by atoms with van der Waals surface area (Å²) in [4.78, 5) is 16.6. The van der Waals surface area contributed by atoms with Crippen molar-refractivity contribution < 1.29 is 27.8 Å². The number of halogens is 3. The van der Waals surface area contributed by atoms with Crippen LogP contribution in [0.25, 0.3) is 0 Å². The number of carbonyl (C=O) groups excluding carboxylic acids is 1. The number of rotatable bonds is 1. The quantitative estimate of drug-likeness (QED) is 0.860. The molecular weight excluding hydrogens is 277 g/mol. The lowest BCUT2D eigenvalue weighted by molar-refractivity contribution is -0.137. The number of piperidine rings is 1. The summed E-state index contributed by atoms with van der Waals surface area (Å²) in [6.45, 7) is 0.696. The number of amides is 1. The van der Waals surface area contributed by atoms with Crippen molar-refractivity contribution in [1.82, 2.24) is 9.88 Å². The van der Waals surface area contributed by atoms with Gasteiger partial charge in [0.1, 0.15) is 0 Å². The van der Waals surface area contributed by atoms with Gasteiger partial charge in [-0.15, -0.1) is 0 Å². The number of likely N-dealkylation sites (tertiary alicyclic amines) is 1. The maximum atomic E-state index is 12.3. The Morgan fingerprint density at radius 1 is 1.35 bits per heavy atom. The number of hydrogen-bond acceptors (Lipinski definition) is 4. The molecule has 1 aromatic heterocycles. The lowest BCUT2D eigenvalue weighted by atomic mass is 10.1. The predicted molar refractivity (Wildman–Crippen MR) is 62.1 cm³/mol. The number of aliphatic hydroxyl groups excluding tert-OH is 1. The fourth-order valence-electron chi connectivity index (χ4n) is 1.81. The summed E-state index contributed by atoms with van der Waals surface area (Å²) in [6.07, 6.45) is -4.06. The fourth-order valence-corrected chi connectivity index (χ4v) is 1.81. The van der Waals surface area contributed by atoms with E-state index in [9.17, 15) is 23.1 Å². The van der Waals surface area contributed by atoms with E-state index in [1.165, 1.54) is 4.90 Å². The number of aromatic nitrogens is 1. The van der Waals surface area contributed by atoms with Crippen LogP contribution < -0.4 is 4.74 Å². The largest absolute Gasteiger partial charge is 0.417 e. The summed E-state index contributed by atoms with van der Waals surface area (Å²) in [6, 6.07) is 1.80. The fraction of sp³-hybridized carbons (Fsp3) is 0.500. The van der Waals surface area contributed by atoms with Crippen molar-refractivity contribution in [3.63, 3.8) is 0 Å². The van der Waals surface area contributed by atoms with Crippen LogP contribution in [0.5, 0.6) is 5.88 Å². The van der Waals surface area contributed by atoms with Gasteiger partial charge in [-0.05, 0) is 18.9 Å². The van der Waals surface area contributed by atoms with Crippen LogP contribution in [-0.2, 0) is 6.18 Å². The summed E-state index contributed by atoms with van der Waals surface area (Å²) < 4.78 is 41.9. The SMILES string of the molecule is O=C(Oc1ccc(C(F)(F)F)cn1)N1CCC(O)CC1. The molecule has 1 N–H and O–H groups in total. The number of ether oxygens (including phenoxy) is 1. The highest BCUT2D eigenvalue weighted by Gasteiger charge is 2.31. The zero-order valence-corrected chi connectivity index (χ0v) is 10.4. The van der Waals surface area contributed by atoms with Crippen molar-refractivity contribution in [2.24, 2.45) is 0 Å². The van der Waals surface area contributed by atoms with Crippen LogP contribution in [0.15, 0.2) is 18.3 Å². The van der Waals surface area contributed by atoms with Gasteiger partial charge in [0.2, 0.25) is 5.88 Å². The van der Waals surface area contributed by atoms with Gasteiger partial charge in [-0.2, -0.15) is 13.2 Å². The first-order valence-electron chi connectivity index (χ1n) is 6.04. The standard InChI is InChI=1S/C12H13F3N2O3/c13-12(14,15)8-1-2-10(16-7-8)20-11(19)17-5-3-9(18)4-6-17/h1-2,7,9,18H,3-6H2. The van der Waals surface area contributed by atoms with Crippen molar-refractivity contribution in [1.29, 1.82) is 0 Å². The number of alkyl halides is 3. The summed E-state index contributed by atoms with van der Waals surface area (Å²) in [5.41, 5.74) is -0.904. The second-order valence-corrected chi connectivity index (χ2v) is 4.47. The molecule has 1 saturated heterocycles. The van der Waals surface area contributed by atoms with Crippen LogP contribution in [-0.4, -0.2) is 40.3 Å². The first-order chi connectivity index (χ1) is 9.36. The minimum Gasteiger partial charge on any atom is -0.393 e. The van der Waals surface area contributed by atoms with Crippen molar-refractivity contribution in [2.45, 2.75) is 25.1 Å². The highest BCUT2D eigenvalue weighted by molar-refractivity contribution is 5.70. The third-order valence-electron chi connectivity index (χ3n) is 2.98. The van der Waals surface area contributed by atoms with Gasteiger partial charge in [0.15, 0.2) is 0 Å². The molecule has 20 heavy (non-hydrogen) atoms. The smallest absolute Gasteiger partial charge is 0.393 e. The normalized spacial score (nSPS) is 17.1. The molecule has 2 rings (SSSR count). The van der Waals surface area contributed by atoms with Crippen LogP contribution in [0.2, 0.25) is 0 Å². The molecule has 0 radical (unpaired) electrons. The van der Waals surface area contributed by atoms with Crippen LogP contribution in [0.4, 0.5) is 18.0 Å². The molecule has 1 aromatic rings. The average molecular weight is 290 g/mol. The molecule has 0 unspecified atom stereocenters. The number of hydrogen-bond donors (Lipinski definition) is 1. The zero-order chi connectivity index (χ0) is 14.8. The minimum atomic E-state index is -4.47. The summed E-state index contributed by atoms with van der Waals surface area (Å²) >= 11 is 0. The van der Waals surface area contributed by atoms with E-state index in [1.807, 2.05) is 0 Å². The summed E-state index contributed by atoms with van der Waals surface area (Å²) in [5, 5.41) is 9.31. The molecule has 1 aliphatic rings. The second-order valence-electron chi connectivity index (χ2n) is 4.47. The Balaban J connectivity index is 1.94. The Morgan fingerprint density at radius 2 is 2.00 bits per heavy atom. The van der Waals surface area contributed by atoms with Gasteiger partial charge >= 0.3 is 12.3 Å². The summed E-state index contributed by atoms with van der Waals surface area (Å²) in [5.74, 6) is -0.186. The number of pyridine rings is 1. The van der Waals surface area contributed by atoms with Gasteiger partial charge < -0.3 is 14.7 Å². The van der Waals surface area contributed by atoms with Crippen LogP contribution in [0, 0.1) is 0 Å². The molecular formula is C12H13F3N2O3. The van der Waals surface area contributed by atoms with Crippen molar-refractivity contribution >= 4 is 6.09 Å². The van der Waals surface area contributed by atoms with Gasteiger partial charge in [0, 0.05) is 25.4 Å². The highest BCUT2D eigenvalue weighted by atomic mass is 19.4. The third-order valence-corrected chi connectivity index (χ3v) is 2.98. The van der Waals surface area contributed by atoms with Gasteiger partial charge in [0.25, 0.3) is 0 Å². The average Bonchev–Trinajstić information content (AvgIpc) is 2.39. The molecule has 0 aliphatic carbocycles. The van der Waals surface area contributed by atoms with Crippen LogP contribution in [0.1, 0.15) is 18.4 Å². The molecule has 0 aromatic carbocycles. The maximum absolute atomic E-state index is 12.3. The van der Waals surface area contributed by atoms with Crippen molar-refractivity contribution in [3.8, 4) is 5.88 Å².